The van der Waals surface area contributed by atoms with E-state index in [1.165, 1.54) is 44.9 Å². The van der Waals surface area contributed by atoms with Crippen molar-refractivity contribution < 1.29 is 22.9 Å². The standard InChI is InChI=1S/C28H49NO5S/c1-18(6-11-25(31)29-26(2,3)17-35(32,33)34)22-9-10-23-21-8-7-19-16-20(30)12-14-27(19,4)24(21)13-15-28(22,23)5/h18-24,30H,6-17H2,1-5H3,(H,29,31)(H,32,33,34)/p-1/t18-,19-,20-,21+,22-,23+,24+,27+,28-/m1/s1. The van der Waals surface area contributed by atoms with Crippen LogP contribution in [0.1, 0.15) is 105 Å². The first-order chi connectivity index (χ1) is 16.1. The summed E-state index contributed by atoms with van der Waals surface area (Å²) in [5, 5.41) is 13.0. The van der Waals surface area contributed by atoms with Gasteiger partial charge in [0, 0.05) is 12.0 Å². The topological polar surface area (TPSA) is 107 Å². The van der Waals surface area contributed by atoms with E-state index in [1.807, 2.05) is 0 Å². The Balaban J connectivity index is 1.37. The van der Waals surface area contributed by atoms with E-state index in [9.17, 15) is 22.9 Å². The minimum absolute atomic E-state index is 0.0947. The molecule has 2 N–H and O–H groups in total. The van der Waals surface area contributed by atoms with E-state index in [-0.39, 0.29) is 12.0 Å². The molecule has 0 radical (unpaired) electrons. The van der Waals surface area contributed by atoms with Gasteiger partial charge in [-0.1, -0.05) is 20.8 Å². The smallest absolute Gasteiger partial charge is 0.220 e. The van der Waals surface area contributed by atoms with Crippen LogP contribution >= 0.6 is 0 Å². The largest absolute Gasteiger partial charge is 0.748 e. The summed E-state index contributed by atoms with van der Waals surface area (Å²) in [6.45, 7) is 10.5. The maximum Gasteiger partial charge on any atom is 0.220 e. The Labute approximate surface area is 213 Å². The van der Waals surface area contributed by atoms with Crippen LogP contribution in [0.2, 0.25) is 0 Å². The van der Waals surface area contributed by atoms with Gasteiger partial charge in [0.15, 0.2) is 0 Å². The van der Waals surface area contributed by atoms with Crippen LogP contribution in [-0.2, 0) is 14.9 Å². The number of aliphatic hydroxyl groups excluding tert-OH is 1. The van der Waals surface area contributed by atoms with Crippen LogP contribution in [0.5, 0.6) is 0 Å². The van der Waals surface area contributed by atoms with E-state index in [2.05, 4.69) is 26.1 Å². The Morgan fingerprint density at radius 3 is 2.40 bits per heavy atom. The lowest BCUT2D eigenvalue weighted by Crippen LogP contribution is -2.54. The van der Waals surface area contributed by atoms with Gasteiger partial charge in [0.1, 0.15) is 0 Å². The van der Waals surface area contributed by atoms with E-state index in [0.29, 0.717) is 35.0 Å². The fourth-order valence-corrected chi connectivity index (χ4v) is 10.6. The molecule has 6 nitrogen and oxygen atoms in total. The molecule has 4 aliphatic carbocycles. The molecule has 0 aromatic heterocycles. The molecule has 0 spiro atoms. The highest BCUT2D eigenvalue weighted by atomic mass is 32.2. The number of aliphatic hydroxyl groups is 1. The van der Waals surface area contributed by atoms with Crippen molar-refractivity contribution in [2.45, 2.75) is 117 Å². The Hall–Kier alpha value is -0.660. The molecule has 202 valence electrons. The molecule has 0 aromatic carbocycles. The third-order valence-electron chi connectivity index (χ3n) is 11.2. The van der Waals surface area contributed by atoms with Gasteiger partial charge in [-0.25, -0.2) is 8.42 Å². The monoisotopic (exact) mass is 510 g/mol. The summed E-state index contributed by atoms with van der Waals surface area (Å²) in [4.78, 5) is 12.6. The van der Waals surface area contributed by atoms with Crippen LogP contribution in [0.25, 0.3) is 0 Å². The molecular weight excluding hydrogens is 462 g/mol. The molecule has 0 aromatic rings. The molecule has 9 atom stereocenters. The van der Waals surface area contributed by atoms with Gasteiger partial charge in [-0.05, 0) is 124 Å². The van der Waals surface area contributed by atoms with Crippen molar-refractivity contribution in [1.29, 1.82) is 0 Å². The zero-order valence-electron chi connectivity index (χ0n) is 22.5. The van der Waals surface area contributed by atoms with Crippen molar-refractivity contribution in [3.63, 3.8) is 0 Å². The first-order valence-electron chi connectivity index (χ1n) is 14.1. The average Bonchev–Trinajstić information content (AvgIpc) is 3.07. The number of fused-ring (bicyclic) bond motifs is 5. The van der Waals surface area contributed by atoms with E-state index < -0.39 is 21.4 Å². The molecule has 4 rings (SSSR count). The highest BCUT2D eigenvalue weighted by Gasteiger charge is 2.60. The summed E-state index contributed by atoms with van der Waals surface area (Å²) in [7, 11) is -4.39. The van der Waals surface area contributed by atoms with Crippen LogP contribution in [0.3, 0.4) is 0 Å². The van der Waals surface area contributed by atoms with E-state index in [4.69, 9.17) is 0 Å². The first-order valence-corrected chi connectivity index (χ1v) is 15.6. The molecular formula is C28H48NO5S-. The number of hydrogen-bond acceptors (Lipinski definition) is 5. The number of amides is 1. The van der Waals surface area contributed by atoms with E-state index in [0.717, 1.165) is 37.0 Å². The third kappa shape index (κ3) is 5.47. The van der Waals surface area contributed by atoms with Crippen LogP contribution in [0.4, 0.5) is 0 Å². The van der Waals surface area contributed by atoms with Crippen molar-refractivity contribution in [2.75, 3.05) is 5.75 Å². The van der Waals surface area contributed by atoms with Gasteiger partial charge in [-0.3, -0.25) is 4.79 Å². The lowest BCUT2D eigenvalue weighted by molar-refractivity contribution is -0.130. The number of carbonyl (C=O) groups is 1. The molecule has 4 fully saturated rings. The highest BCUT2D eigenvalue weighted by molar-refractivity contribution is 7.85. The molecule has 7 heteroatoms. The van der Waals surface area contributed by atoms with Crippen LogP contribution in [0.15, 0.2) is 0 Å². The Kier molecular flexibility index (Phi) is 7.49. The van der Waals surface area contributed by atoms with Gasteiger partial charge >= 0.3 is 0 Å². The molecule has 0 bridgehead atoms. The molecule has 4 aliphatic rings. The number of nitrogens with one attached hydrogen (secondary N) is 1. The molecule has 4 saturated carbocycles. The number of hydrogen-bond donors (Lipinski definition) is 2. The number of rotatable bonds is 7. The van der Waals surface area contributed by atoms with Crippen molar-refractivity contribution in [3.8, 4) is 0 Å². The maximum atomic E-state index is 12.6. The second-order valence-electron chi connectivity index (χ2n) is 14.0. The number of carbonyl (C=O) groups excluding carboxylic acids is 1. The summed E-state index contributed by atoms with van der Waals surface area (Å²) < 4.78 is 33.4. The minimum atomic E-state index is -4.39. The quantitative estimate of drug-likeness (QED) is 0.476. The van der Waals surface area contributed by atoms with Gasteiger partial charge in [0.25, 0.3) is 0 Å². The fourth-order valence-electron chi connectivity index (χ4n) is 9.69. The van der Waals surface area contributed by atoms with Crippen molar-refractivity contribution in [1.82, 2.24) is 5.32 Å². The summed E-state index contributed by atoms with van der Waals surface area (Å²) >= 11 is 0. The molecule has 35 heavy (non-hydrogen) atoms. The zero-order valence-corrected chi connectivity index (χ0v) is 23.3. The predicted octanol–water partition coefficient (Wildman–Crippen LogP) is 4.86. The van der Waals surface area contributed by atoms with Crippen molar-refractivity contribution in [3.05, 3.63) is 0 Å². The third-order valence-corrected chi connectivity index (χ3v) is 12.3. The minimum Gasteiger partial charge on any atom is -0.748 e. The normalized spacial score (nSPS) is 42.5. The second kappa shape index (κ2) is 9.58. The summed E-state index contributed by atoms with van der Waals surface area (Å²) in [6, 6.07) is 0. The molecule has 1 amide bonds. The fraction of sp³-hybridized carbons (Fsp3) is 0.964. The van der Waals surface area contributed by atoms with Crippen molar-refractivity contribution >= 4 is 16.0 Å². The molecule has 0 aliphatic heterocycles. The summed E-state index contributed by atoms with van der Waals surface area (Å²) in [6.07, 6.45) is 11.9. The van der Waals surface area contributed by atoms with Crippen LogP contribution in [0, 0.1) is 46.3 Å². The SMILES string of the molecule is C[C@H](CCC(=O)NC(C)(C)CS(=O)(=O)[O-])[C@H]1CC[C@H]2[C@@H]3CC[C@@H]4C[C@H](O)CC[C@]4(C)[C@H]3CC[C@]12C. The van der Waals surface area contributed by atoms with Gasteiger partial charge in [-0.2, -0.15) is 0 Å². The van der Waals surface area contributed by atoms with E-state index in [1.54, 1.807) is 13.8 Å². The molecule has 0 saturated heterocycles. The lowest BCUT2D eigenvalue weighted by Gasteiger charge is -2.61. The van der Waals surface area contributed by atoms with Crippen LogP contribution in [-0.4, -0.2) is 41.4 Å². The van der Waals surface area contributed by atoms with Gasteiger partial charge < -0.3 is 15.0 Å². The zero-order chi connectivity index (χ0) is 25.8. The van der Waals surface area contributed by atoms with E-state index >= 15 is 0 Å². The van der Waals surface area contributed by atoms with Gasteiger partial charge in [-0.15, -0.1) is 0 Å². The second-order valence-corrected chi connectivity index (χ2v) is 15.4. The summed E-state index contributed by atoms with van der Waals surface area (Å²) in [5.74, 6) is 3.36. The first kappa shape index (κ1) is 27.4. The Morgan fingerprint density at radius 2 is 1.71 bits per heavy atom. The molecule has 0 heterocycles. The lowest BCUT2D eigenvalue weighted by atomic mass is 9.44. The summed E-state index contributed by atoms with van der Waals surface area (Å²) in [5.41, 5.74) is -0.312. The Bertz CT molecular complexity index is 903. The predicted molar refractivity (Wildman–Crippen MR) is 136 cm³/mol. The molecule has 0 unspecified atom stereocenters. The average molecular weight is 511 g/mol. The van der Waals surface area contributed by atoms with Crippen LogP contribution < -0.4 is 5.32 Å². The van der Waals surface area contributed by atoms with Gasteiger partial charge in [0.2, 0.25) is 5.91 Å². The van der Waals surface area contributed by atoms with Gasteiger partial charge in [0.05, 0.1) is 22.0 Å². The van der Waals surface area contributed by atoms with Crippen molar-refractivity contribution in [2.24, 2.45) is 46.3 Å². The Morgan fingerprint density at radius 1 is 1.06 bits per heavy atom. The maximum absolute atomic E-state index is 12.6. The highest BCUT2D eigenvalue weighted by Crippen LogP contribution is 2.68.